The molecule has 0 saturated carbocycles. The van der Waals surface area contributed by atoms with Gasteiger partial charge in [-0.1, -0.05) is 37.3 Å². The van der Waals surface area contributed by atoms with Crippen LogP contribution in [0.3, 0.4) is 0 Å². The summed E-state index contributed by atoms with van der Waals surface area (Å²) in [6, 6.07) is 11.8. The van der Waals surface area contributed by atoms with Gasteiger partial charge in [-0.15, -0.1) is 0 Å². The highest BCUT2D eigenvalue weighted by Gasteiger charge is 2.34. The van der Waals surface area contributed by atoms with Crippen molar-refractivity contribution in [1.29, 1.82) is 0 Å². The van der Waals surface area contributed by atoms with Crippen molar-refractivity contribution in [2.75, 3.05) is 26.7 Å². The van der Waals surface area contributed by atoms with Crippen molar-refractivity contribution in [3.63, 3.8) is 0 Å². The van der Waals surface area contributed by atoms with Gasteiger partial charge < -0.3 is 14.7 Å². The summed E-state index contributed by atoms with van der Waals surface area (Å²) >= 11 is 3.39. The highest BCUT2D eigenvalue weighted by molar-refractivity contribution is 9.10. The Balaban J connectivity index is 1.85. The molecular weight excluding hydrogens is 434 g/mol. The Bertz CT molecular complexity index is 833. The number of hydrogen-bond donors (Lipinski definition) is 1. The summed E-state index contributed by atoms with van der Waals surface area (Å²) in [5.74, 6) is 0.251. The lowest BCUT2D eigenvalue weighted by atomic mass is 10.00. The highest BCUT2D eigenvalue weighted by atomic mass is 79.9. The zero-order valence-electron chi connectivity index (χ0n) is 17.1. The molecule has 0 radical (unpaired) electrons. The van der Waals surface area contributed by atoms with Gasteiger partial charge in [0.1, 0.15) is 11.7 Å². The fourth-order valence-corrected chi connectivity index (χ4v) is 3.89. The van der Waals surface area contributed by atoms with E-state index >= 15 is 0 Å². The number of amides is 1. The van der Waals surface area contributed by atoms with Crippen LogP contribution in [0.4, 0.5) is 0 Å². The van der Waals surface area contributed by atoms with Crippen molar-refractivity contribution in [2.45, 2.75) is 32.5 Å². The fraction of sp³-hybridized carbons (Fsp3) is 0.455. The van der Waals surface area contributed by atoms with Crippen molar-refractivity contribution in [1.82, 2.24) is 14.8 Å². The van der Waals surface area contributed by atoms with Gasteiger partial charge in [-0.2, -0.15) is 0 Å². The van der Waals surface area contributed by atoms with E-state index in [1.54, 1.807) is 17.2 Å². The van der Waals surface area contributed by atoms with E-state index in [2.05, 4.69) is 51.9 Å². The highest BCUT2D eigenvalue weighted by Crippen LogP contribution is 2.28. The maximum atomic E-state index is 13.1. The van der Waals surface area contributed by atoms with E-state index < -0.39 is 0 Å². The molecule has 3 atom stereocenters. The first-order chi connectivity index (χ1) is 13.9. The number of aliphatic hydroxyl groups excluding tert-OH is 1. The van der Waals surface area contributed by atoms with Crippen molar-refractivity contribution >= 4 is 21.8 Å². The number of fused-ring (bicyclic) bond motifs is 1. The SMILES string of the molecule is C[C@H](CO)N1C[C@H](C)[C@H](CN(C)Cc2ccccc2)Oc2ncc(Br)cc2C1=O. The van der Waals surface area contributed by atoms with E-state index in [1.807, 2.05) is 25.1 Å². The quantitative estimate of drug-likeness (QED) is 0.715. The Labute approximate surface area is 180 Å². The number of rotatable bonds is 6. The third kappa shape index (κ3) is 5.35. The Morgan fingerprint density at radius 2 is 2.10 bits per heavy atom. The number of hydrogen-bond acceptors (Lipinski definition) is 5. The minimum Gasteiger partial charge on any atom is -0.472 e. The molecule has 0 saturated heterocycles. The molecule has 6 nitrogen and oxygen atoms in total. The van der Waals surface area contributed by atoms with Crippen LogP contribution in [-0.4, -0.2) is 64.7 Å². The third-order valence-electron chi connectivity index (χ3n) is 5.27. The Hall–Kier alpha value is -1.96. The molecule has 1 aliphatic rings. The molecule has 1 aromatic heterocycles. The average Bonchev–Trinajstić information content (AvgIpc) is 2.71. The van der Waals surface area contributed by atoms with Crippen LogP contribution in [-0.2, 0) is 6.54 Å². The number of aliphatic hydroxyl groups is 1. The number of ether oxygens (including phenoxy) is 1. The van der Waals surface area contributed by atoms with E-state index in [-0.39, 0.29) is 30.6 Å². The summed E-state index contributed by atoms with van der Waals surface area (Å²) in [6.07, 6.45) is 1.50. The van der Waals surface area contributed by atoms with Gasteiger partial charge in [0.15, 0.2) is 0 Å². The maximum absolute atomic E-state index is 13.1. The second-order valence-electron chi connectivity index (χ2n) is 7.81. The Kier molecular flexibility index (Phi) is 7.27. The van der Waals surface area contributed by atoms with E-state index in [0.29, 0.717) is 24.5 Å². The molecule has 7 heteroatoms. The van der Waals surface area contributed by atoms with Gasteiger partial charge in [-0.05, 0) is 41.5 Å². The van der Waals surface area contributed by atoms with E-state index in [0.717, 1.165) is 11.0 Å². The van der Waals surface area contributed by atoms with Gasteiger partial charge in [0.2, 0.25) is 5.88 Å². The van der Waals surface area contributed by atoms with Crippen LogP contribution in [0.25, 0.3) is 0 Å². The van der Waals surface area contributed by atoms with Gasteiger partial charge in [-0.25, -0.2) is 4.98 Å². The van der Waals surface area contributed by atoms with Crippen LogP contribution >= 0.6 is 15.9 Å². The molecule has 0 aliphatic carbocycles. The molecule has 156 valence electrons. The smallest absolute Gasteiger partial charge is 0.259 e. The van der Waals surface area contributed by atoms with Gasteiger partial charge in [0.25, 0.3) is 5.91 Å². The van der Waals surface area contributed by atoms with E-state index in [9.17, 15) is 9.90 Å². The molecule has 0 unspecified atom stereocenters. The first-order valence-corrected chi connectivity index (χ1v) is 10.6. The Morgan fingerprint density at radius 1 is 1.38 bits per heavy atom. The van der Waals surface area contributed by atoms with Crippen LogP contribution in [0.15, 0.2) is 47.1 Å². The molecule has 0 bridgehead atoms. The molecule has 2 aromatic rings. The van der Waals surface area contributed by atoms with Gasteiger partial charge in [0, 0.05) is 36.2 Å². The lowest BCUT2D eigenvalue weighted by Gasteiger charge is -2.37. The molecule has 1 aliphatic heterocycles. The van der Waals surface area contributed by atoms with Crippen LogP contribution in [0.2, 0.25) is 0 Å². The van der Waals surface area contributed by atoms with Crippen LogP contribution in [0, 0.1) is 5.92 Å². The van der Waals surface area contributed by atoms with Crippen LogP contribution in [0.1, 0.15) is 29.8 Å². The number of carbonyl (C=O) groups excluding carboxylic acids is 1. The number of carbonyl (C=O) groups is 1. The monoisotopic (exact) mass is 461 g/mol. The van der Waals surface area contributed by atoms with Gasteiger partial charge in [0.05, 0.1) is 12.6 Å². The normalized spacial score (nSPS) is 20.6. The first kappa shape index (κ1) is 21.7. The predicted molar refractivity (Wildman–Crippen MR) is 116 cm³/mol. The van der Waals surface area contributed by atoms with Crippen molar-refractivity contribution in [3.05, 3.63) is 58.2 Å². The zero-order valence-corrected chi connectivity index (χ0v) is 18.7. The summed E-state index contributed by atoms with van der Waals surface area (Å²) in [4.78, 5) is 21.4. The minimum absolute atomic E-state index is 0.0739. The standard InChI is InChI=1S/C22H28BrN3O3/c1-15-11-26(16(2)14-27)22(28)19-9-18(23)10-24-21(19)29-20(15)13-25(3)12-17-7-5-4-6-8-17/h4-10,15-16,20,27H,11-14H2,1-3H3/t15-,16+,20-/m0/s1. The average molecular weight is 462 g/mol. The van der Waals surface area contributed by atoms with Crippen molar-refractivity contribution in [3.8, 4) is 5.88 Å². The molecule has 29 heavy (non-hydrogen) atoms. The van der Waals surface area contributed by atoms with Crippen molar-refractivity contribution in [2.24, 2.45) is 5.92 Å². The summed E-state index contributed by atoms with van der Waals surface area (Å²) in [5.41, 5.74) is 1.66. The maximum Gasteiger partial charge on any atom is 0.259 e. The molecule has 0 fully saturated rings. The molecule has 3 rings (SSSR count). The number of nitrogens with zero attached hydrogens (tertiary/aromatic N) is 3. The second kappa shape index (κ2) is 9.69. The Morgan fingerprint density at radius 3 is 2.79 bits per heavy atom. The van der Waals surface area contributed by atoms with Crippen LogP contribution in [0.5, 0.6) is 5.88 Å². The number of likely N-dealkylation sites (N-methyl/N-ethyl adjacent to an activating group) is 1. The van der Waals surface area contributed by atoms with Crippen LogP contribution < -0.4 is 4.74 Å². The summed E-state index contributed by atoms with van der Waals surface area (Å²) in [6.45, 7) is 5.86. The fourth-order valence-electron chi connectivity index (χ4n) is 3.56. The predicted octanol–water partition coefficient (Wildman–Crippen LogP) is 3.20. The van der Waals surface area contributed by atoms with E-state index in [1.165, 1.54) is 5.56 Å². The first-order valence-electron chi connectivity index (χ1n) is 9.85. The largest absolute Gasteiger partial charge is 0.472 e. The van der Waals surface area contributed by atoms with Gasteiger partial charge >= 0.3 is 0 Å². The molecule has 0 spiro atoms. The lowest BCUT2D eigenvalue weighted by Crippen LogP contribution is -2.49. The summed E-state index contributed by atoms with van der Waals surface area (Å²) in [5, 5.41) is 9.67. The summed E-state index contributed by atoms with van der Waals surface area (Å²) in [7, 11) is 2.07. The molecule has 1 aromatic carbocycles. The number of halogens is 1. The van der Waals surface area contributed by atoms with E-state index in [4.69, 9.17) is 4.74 Å². The molecule has 1 amide bonds. The third-order valence-corrected chi connectivity index (χ3v) is 5.71. The zero-order chi connectivity index (χ0) is 21.0. The number of pyridine rings is 1. The van der Waals surface area contributed by atoms with Crippen molar-refractivity contribution < 1.29 is 14.6 Å². The number of benzene rings is 1. The molecular formula is C22H28BrN3O3. The minimum atomic E-state index is -0.280. The second-order valence-corrected chi connectivity index (χ2v) is 8.73. The summed E-state index contributed by atoms with van der Waals surface area (Å²) < 4.78 is 6.98. The molecule has 1 N–H and O–H groups in total. The van der Waals surface area contributed by atoms with Gasteiger partial charge in [-0.3, -0.25) is 9.69 Å². The topological polar surface area (TPSA) is 65.9 Å². The number of aromatic nitrogens is 1. The molecule has 2 heterocycles. The lowest BCUT2D eigenvalue weighted by molar-refractivity contribution is 0.0325.